The third-order valence-electron chi connectivity index (χ3n) is 3.99. The smallest absolute Gasteiger partial charge is 0.0478 e. The fraction of sp³-hybridized carbons (Fsp3) is 1.00. The van der Waals surface area contributed by atoms with Crippen molar-refractivity contribution >= 4 is 11.9 Å². The van der Waals surface area contributed by atoms with Gasteiger partial charge in [0.2, 0.25) is 0 Å². The molecule has 0 aliphatic carbocycles. The second-order valence-electron chi connectivity index (χ2n) is 6.33. The second-order valence-corrected chi connectivity index (χ2v) is 7.03. The molecule has 1 rings (SSSR count). The fourth-order valence-corrected chi connectivity index (χ4v) is 3.30. The zero-order valence-corrected chi connectivity index (χ0v) is 14.5. The maximum atomic E-state index is 5.67. The molecule has 4 heteroatoms. The third-order valence-corrected chi connectivity index (χ3v) is 4.48. The summed E-state index contributed by atoms with van der Waals surface area (Å²) in [5.74, 6) is 1.84. The van der Waals surface area contributed by atoms with E-state index in [2.05, 4.69) is 29.7 Å². The van der Waals surface area contributed by atoms with Crippen LogP contribution in [-0.4, -0.2) is 50.5 Å². The van der Waals surface area contributed by atoms with Crippen LogP contribution < -0.4 is 4.72 Å². The predicted molar refractivity (Wildman–Crippen MR) is 90.2 cm³/mol. The van der Waals surface area contributed by atoms with Crippen molar-refractivity contribution in [2.45, 2.75) is 46.0 Å². The maximum Gasteiger partial charge on any atom is 0.0478 e. The molecule has 0 amide bonds. The highest BCUT2D eigenvalue weighted by Gasteiger charge is 2.19. The minimum Gasteiger partial charge on any atom is -0.381 e. The van der Waals surface area contributed by atoms with E-state index in [4.69, 9.17) is 4.74 Å². The van der Waals surface area contributed by atoms with E-state index in [9.17, 15) is 0 Å². The van der Waals surface area contributed by atoms with Gasteiger partial charge in [-0.15, -0.1) is 0 Å². The molecule has 1 heterocycles. The first-order valence-electron chi connectivity index (χ1n) is 8.28. The van der Waals surface area contributed by atoms with Crippen LogP contribution >= 0.6 is 11.9 Å². The van der Waals surface area contributed by atoms with E-state index < -0.39 is 0 Å². The Morgan fingerprint density at radius 2 is 1.90 bits per heavy atom. The van der Waals surface area contributed by atoms with Crippen LogP contribution in [0.5, 0.6) is 0 Å². The summed E-state index contributed by atoms with van der Waals surface area (Å²) in [4.78, 5) is 2.62. The Morgan fingerprint density at radius 3 is 2.55 bits per heavy atom. The zero-order valence-electron chi connectivity index (χ0n) is 13.7. The van der Waals surface area contributed by atoms with Crippen molar-refractivity contribution in [2.75, 3.05) is 45.6 Å². The number of nitrogens with one attached hydrogen (secondary N) is 1. The van der Waals surface area contributed by atoms with Crippen LogP contribution in [0.2, 0.25) is 0 Å². The molecule has 3 nitrogen and oxygen atoms in total. The van der Waals surface area contributed by atoms with Gasteiger partial charge in [0.15, 0.2) is 0 Å². The van der Waals surface area contributed by atoms with Crippen molar-refractivity contribution < 1.29 is 4.74 Å². The van der Waals surface area contributed by atoms with Gasteiger partial charge in [0.1, 0.15) is 0 Å². The minimum atomic E-state index is 0.862. The molecule has 0 saturated carbocycles. The molecule has 120 valence electrons. The van der Waals surface area contributed by atoms with Gasteiger partial charge >= 0.3 is 0 Å². The summed E-state index contributed by atoms with van der Waals surface area (Å²) in [6, 6.07) is 0. The summed E-state index contributed by atoms with van der Waals surface area (Å²) in [6.07, 6.45) is 8.58. The standard InChI is InChI=1S/C16H34N2OS/c1-15(2)14-16-6-10-18(11-7-16)9-5-13-19-12-4-8-17-20-3/h15-17H,4-14H2,1-3H3. The van der Waals surface area contributed by atoms with Gasteiger partial charge in [-0.25, -0.2) is 0 Å². The molecule has 0 aromatic rings. The first-order valence-corrected chi connectivity index (χ1v) is 9.50. The Bertz CT molecular complexity index is 219. The van der Waals surface area contributed by atoms with Crippen molar-refractivity contribution in [1.82, 2.24) is 9.62 Å². The Labute approximate surface area is 130 Å². The van der Waals surface area contributed by atoms with Gasteiger partial charge in [0.25, 0.3) is 0 Å². The molecule has 0 spiro atoms. The lowest BCUT2D eigenvalue weighted by molar-refractivity contribution is 0.109. The van der Waals surface area contributed by atoms with Crippen molar-refractivity contribution in [2.24, 2.45) is 11.8 Å². The molecule has 0 aromatic heterocycles. The van der Waals surface area contributed by atoms with E-state index >= 15 is 0 Å². The van der Waals surface area contributed by atoms with Gasteiger partial charge in [-0.2, -0.15) is 0 Å². The summed E-state index contributed by atoms with van der Waals surface area (Å²) in [5, 5.41) is 0. The van der Waals surface area contributed by atoms with E-state index in [0.717, 1.165) is 38.0 Å². The highest BCUT2D eigenvalue weighted by Crippen LogP contribution is 2.23. The highest BCUT2D eigenvalue weighted by molar-refractivity contribution is 7.96. The zero-order chi connectivity index (χ0) is 14.6. The molecule has 0 bridgehead atoms. The Balaban J connectivity index is 1.89. The largest absolute Gasteiger partial charge is 0.381 e. The summed E-state index contributed by atoms with van der Waals surface area (Å²) in [7, 11) is 0. The number of likely N-dealkylation sites (tertiary alicyclic amines) is 1. The molecular formula is C16H34N2OS. The van der Waals surface area contributed by atoms with Gasteiger partial charge in [0, 0.05) is 26.3 Å². The van der Waals surface area contributed by atoms with E-state index in [1.54, 1.807) is 11.9 Å². The quantitative estimate of drug-likeness (QED) is 0.467. The number of hydrogen-bond donors (Lipinski definition) is 1. The summed E-state index contributed by atoms with van der Waals surface area (Å²) in [6.45, 7) is 11.4. The van der Waals surface area contributed by atoms with E-state index in [1.165, 1.54) is 45.3 Å². The molecule has 0 unspecified atom stereocenters. The topological polar surface area (TPSA) is 24.5 Å². The van der Waals surface area contributed by atoms with E-state index in [0.29, 0.717) is 0 Å². The molecule has 0 atom stereocenters. The lowest BCUT2D eigenvalue weighted by Gasteiger charge is -2.32. The highest BCUT2D eigenvalue weighted by atomic mass is 32.2. The van der Waals surface area contributed by atoms with Gasteiger partial charge < -0.3 is 9.64 Å². The molecule has 1 N–H and O–H groups in total. The number of piperidine rings is 1. The number of nitrogens with zero attached hydrogens (tertiary/aromatic N) is 1. The Kier molecular flexibility index (Phi) is 10.8. The molecule has 1 saturated heterocycles. The third kappa shape index (κ3) is 9.22. The average Bonchev–Trinajstić information content (AvgIpc) is 2.43. The van der Waals surface area contributed by atoms with Crippen LogP contribution in [0.4, 0.5) is 0 Å². The number of ether oxygens (including phenoxy) is 1. The Hall–Kier alpha value is 0.230. The molecule has 1 aliphatic heterocycles. The second kappa shape index (κ2) is 11.8. The fourth-order valence-electron chi connectivity index (χ4n) is 2.95. The normalized spacial score (nSPS) is 18.0. The summed E-state index contributed by atoms with van der Waals surface area (Å²) < 4.78 is 8.91. The van der Waals surface area contributed by atoms with Crippen molar-refractivity contribution in [3.05, 3.63) is 0 Å². The van der Waals surface area contributed by atoms with Gasteiger partial charge in [0.05, 0.1) is 0 Å². The van der Waals surface area contributed by atoms with Crippen molar-refractivity contribution in [3.8, 4) is 0 Å². The number of hydrogen-bond acceptors (Lipinski definition) is 4. The number of rotatable bonds is 11. The molecule has 1 fully saturated rings. The predicted octanol–water partition coefficient (Wildman–Crippen LogP) is 3.41. The van der Waals surface area contributed by atoms with Gasteiger partial charge in [-0.1, -0.05) is 25.8 Å². The minimum absolute atomic E-state index is 0.862. The summed E-state index contributed by atoms with van der Waals surface area (Å²) in [5.41, 5.74) is 0. The van der Waals surface area contributed by atoms with Crippen LogP contribution in [0.1, 0.15) is 46.0 Å². The van der Waals surface area contributed by atoms with E-state index in [-0.39, 0.29) is 0 Å². The van der Waals surface area contributed by atoms with E-state index in [1.807, 2.05) is 0 Å². The lowest BCUT2D eigenvalue weighted by atomic mass is 9.88. The summed E-state index contributed by atoms with van der Waals surface area (Å²) >= 11 is 1.68. The van der Waals surface area contributed by atoms with Crippen LogP contribution in [0.15, 0.2) is 0 Å². The first kappa shape index (κ1) is 18.3. The van der Waals surface area contributed by atoms with Gasteiger partial charge in [-0.3, -0.25) is 4.72 Å². The SMILES string of the molecule is CSNCCCOCCCN1CCC(CC(C)C)CC1. The maximum absolute atomic E-state index is 5.67. The first-order chi connectivity index (χ1) is 9.72. The molecule has 0 radical (unpaired) electrons. The Morgan fingerprint density at radius 1 is 1.20 bits per heavy atom. The van der Waals surface area contributed by atoms with Crippen LogP contribution in [0.3, 0.4) is 0 Å². The molecular weight excluding hydrogens is 268 g/mol. The lowest BCUT2D eigenvalue weighted by Crippen LogP contribution is -2.35. The molecule has 20 heavy (non-hydrogen) atoms. The van der Waals surface area contributed by atoms with Crippen molar-refractivity contribution in [1.29, 1.82) is 0 Å². The average molecular weight is 303 g/mol. The van der Waals surface area contributed by atoms with Crippen LogP contribution in [0, 0.1) is 11.8 Å². The van der Waals surface area contributed by atoms with Gasteiger partial charge in [-0.05, 0) is 63.3 Å². The van der Waals surface area contributed by atoms with Crippen LogP contribution in [-0.2, 0) is 4.74 Å². The molecule has 1 aliphatic rings. The van der Waals surface area contributed by atoms with Crippen molar-refractivity contribution in [3.63, 3.8) is 0 Å². The molecule has 0 aromatic carbocycles. The monoisotopic (exact) mass is 302 g/mol. The van der Waals surface area contributed by atoms with Crippen LogP contribution in [0.25, 0.3) is 0 Å².